The van der Waals surface area contributed by atoms with Crippen molar-refractivity contribution in [1.29, 1.82) is 0 Å². The van der Waals surface area contributed by atoms with Gasteiger partial charge < -0.3 is 10.5 Å². The highest BCUT2D eigenvalue weighted by molar-refractivity contribution is 5.78. The number of primary amides is 1. The second kappa shape index (κ2) is 5.89. The molecule has 1 fully saturated rings. The van der Waals surface area contributed by atoms with Gasteiger partial charge in [0.05, 0.1) is 12.5 Å². The molecule has 1 saturated carbocycles. The number of rotatable bonds is 3. The molecule has 3 nitrogen and oxygen atoms in total. The number of alkyl halides is 3. The number of carbonyl (C=O) groups excluding carboxylic acids is 1. The summed E-state index contributed by atoms with van der Waals surface area (Å²) in [7, 11) is 1.09. The molecule has 2 rings (SSSR count). The quantitative estimate of drug-likeness (QED) is 0.843. The first-order valence-corrected chi connectivity index (χ1v) is 7.33. The molecule has 4 atom stereocenters. The molecular weight excluding hydrogens is 333 g/mol. The first-order valence-electron chi connectivity index (χ1n) is 7.33. The number of methoxy groups -OCH3 is 1. The van der Waals surface area contributed by atoms with Crippen LogP contribution in [0.1, 0.15) is 31.7 Å². The molecule has 1 aliphatic carbocycles. The third-order valence-corrected chi connectivity index (χ3v) is 5.28. The molecule has 0 aromatic heterocycles. The monoisotopic (exact) mass is 351 g/mol. The summed E-state index contributed by atoms with van der Waals surface area (Å²) >= 11 is 0. The van der Waals surface area contributed by atoms with E-state index < -0.39 is 59.1 Å². The summed E-state index contributed by atoms with van der Waals surface area (Å²) in [5, 5.41) is 0. The number of hydrogen-bond donors (Lipinski definition) is 1. The lowest BCUT2D eigenvalue weighted by molar-refractivity contribution is -0.229. The predicted octanol–water partition coefficient (Wildman–Crippen LogP) is 3.77. The predicted molar refractivity (Wildman–Crippen MR) is 76.3 cm³/mol. The fourth-order valence-corrected chi connectivity index (χ4v) is 3.67. The van der Waals surface area contributed by atoms with E-state index in [1.807, 2.05) is 0 Å². The van der Waals surface area contributed by atoms with Crippen LogP contribution in [-0.4, -0.2) is 19.2 Å². The summed E-state index contributed by atoms with van der Waals surface area (Å²) in [5.74, 6) is -7.16. The van der Waals surface area contributed by atoms with Crippen LogP contribution in [-0.2, 0) is 4.79 Å². The van der Waals surface area contributed by atoms with Crippen LogP contribution in [0.25, 0.3) is 0 Å². The molecule has 1 aliphatic rings. The maximum Gasteiger partial charge on any atom is 0.394 e. The standard InChI is InChI=1S/C16H18F5NO2/c1-7-11(8-4-5-10(17)12(18)13(8)24-3)9(14(22)23)6-15(7,2)16(19,20)21/h4-5,7,9,11H,6H2,1-3H3,(H2,22,23)/t7-,9+,11-,15+/m1/s1. The highest BCUT2D eigenvalue weighted by atomic mass is 19.4. The molecule has 24 heavy (non-hydrogen) atoms. The molecule has 0 unspecified atom stereocenters. The molecule has 0 saturated heterocycles. The minimum Gasteiger partial charge on any atom is -0.493 e. The molecule has 1 aromatic carbocycles. The van der Waals surface area contributed by atoms with Gasteiger partial charge in [-0.2, -0.15) is 17.6 Å². The van der Waals surface area contributed by atoms with Crippen molar-refractivity contribution in [1.82, 2.24) is 0 Å². The van der Waals surface area contributed by atoms with Crippen molar-refractivity contribution in [3.05, 3.63) is 29.3 Å². The average molecular weight is 351 g/mol. The minimum atomic E-state index is -4.57. The van der Waals surface area contributed by atoms with E-state index in [-0.39, 0.29) is 5.56 Å². The van der Waals surface area contributed by atoms with Crippen molar-refractivity contribution in [2.24, 2.45) is 23.0 Å². The second-order valence-corrected chi connectivity index (χ2v) is 6.43. The Balaban J connectivity index is 2.64. The molecule has 0 heterocycles. The Morgan fingerprint density at radius 1 is 1.33 bits per heavy atom. The van der Waals surface area contributed by atoms with Crippen LogP contribution in [0.4, 0.5) is 22.0 Å². The van der Waals surface area contributed by atoms with E-state index in [1.54, 1.807) is 0 Å². The van der Waals surface area contributed by atoms with Crippen molar-refractivity contribution < 1.29 is 31.5 Å². The zero-order valence-corrected chi connectivity index (χ0v) is 13.4. The molecule has 0 aliphatic heterocycles. The lowest BCUT2D eigenvalue weighted by Crippen LogP contribution is -2.38. The number of carbonyl (C=O) groups is 1. The zero-order chi connectivity index (χ0) is 18.4. The van der Waals surface area contributed by atoms with Crippen molar-refractivity contribution in [2.45, 2.75) is 32.4 Å². The summed E-state index contributed by atoms with van der Waals surface area (Å²) in [4.78, 5) is 11.7. The maximum absolute atomic E-state index is 14.0. The topological polar surface area (TPSA) is 52.3 Å². The fourth-order valence-electron chi connectivity index (χ4n) is 3.67. The molecule has 2 N–H and O–H groups in total. The highest BCUT2D eigenvalue weighted by Crippen LogP contribution is 2.62. The molecule has 1 amide bonds. The number of benzene rings is 1. The number of amides is 1. The van der Waals surface area contributed by atoms with E-state index >= 15 is 0 Å². The Kier molecular flexibility index (Phi) is 4.54. The van der Waals surface area contributed by atoms with Crippen LogP contribution in [0.5, 0.6) is 5.75 Å². The van der Waals surface area contributed by atoms with Gasteiger partial charge in [0.2, 0.25) is 11.7 Å². The third-order valence-electron chi connectivity index (χ3n) is 5.28. The van der Waals surface area contributed by atoms with Crippen LogP contribution in [0, 0.1) is 28.9 Å². The first kappa shape index (κ1) is 18.5. The van der Waals surface area contributed by atoms with Gasteiger partial charge >= 0.3 is 6.18 Å². The number of nitrogens with two attached hydrogens (primary N) is 1. The zero-order valence-electron chi connectivity index (χ0n) is 13.4. The van der Waals surface area contributed by atoms with E-state index in [0.29, 0.717) is 0 Å². The van der Waals surface area contributed by atoms with Gasteiger partial charge in [0.25, 0.3) is 0 Å². The maximum atomic E-state index is 14.0. The smallest absolute Gasteiger partial charge is 0.394 e. The number of ether oxygens (including phenoxy) is 1. The van der Waals surface area contributed by atoms with E-state index in [4.69, 9.17) is 10.5 Å². The molecule has 1 aromatic rings. The van der Waals surface area contributed by atoms with Crippen molar-refractivity contribution in [3.8, 4) is 5.75 Å². The van der Waals surface area contributed by atoms with Crippen LogP contribution in [0.2, 0.25) is 0 Å². The fraction of sp³-hybridized carbons (Fsp3) is 0.562. The number of hydrogen-bond acceptors (Lipinski definition) is 2. The molecule has 0 radical (unpaired) electrons. The molecule has 0 spiro atoms. The van der Waals surface area contributed by atoms with Crippen molar-refractivity contribution in [2.75, 3.05) is 7.11 Å². The van der Waals surface area contributed by atoms with Gasteiger partial charge in [-0.3, -0.25) is 4.79 Å². The lowest BCUT2D eigenvalue weighted by Gasteiger charge is -2.33. The molecule has 0 bridgehead atoms. The lowest BCUT2D eigenvalue weighted by atomic mass is 9.75. The van der Waals surface area contributed by atoms with Crippen molar-refractivity contribution >= 4 is 5.91 Å². The van der Waals surface area contributed by atoms with Gasteiger partial charge in [0.15, 0.2) is 11.6 Å². The Bertz CT molecular complexity index is 661. The summed E-state index contributed by atoms with van der Waals surface area (Å²) in [6.07, 6.45) is -5.08. The number of halogens is 5. The molecule has 134 valence electrons. The van der Waals surface area contributed by atoms with Crippen molar-refractivity contribution in [3.63, 3.8) is 0 Å². The SMILES string of the molecule is COc1c([C@@H]2[C@@H](C(N)=O)C[C@](C)(C(F)(F)F)[C@@H]2C)ccc(F)c1F. The minimum absolute atomic E-state index is 0.0145. The Hall–Kier alpha value is -1.86. The first-order chi connectivity index (χ1) is 11.0. The average Bonchev–Trinajstić information content (AvgIpc) is 2.75. The highest BCUT2D eigenvalue weighted by Gasteiger charge is 2.63. The summed E-state index contributed by atoms with van der Waals surface area (Å²) in [6, 6.07) is 1.96. The largest absolute Gasteiger partial charge is 0.493 e. The van der Waals surface area contributed by atoms with Crippen LogP contribution in [0.15, 0.2) is 12.1 Å². The second-order valence-electron chi connectivity index (χ2n) is 6.43. The molecular formula is C16H18F5NO2. The van der Waals surface area contributed by atoms with Gasteiger partial charge in [-0.15, -0.1) is 0 Å². The molecule has 8 heteroatoms. The van der Waals surface area contributed by atoms with Gasteiger partial charge in [-0.1, -0.05) is 19.9 Å². The van der Waals surface area contributed by atoms with Crippen LogP contribution >= 0.6 is 0 Å². The van der Waals surface area contributed by atoms with E-state index in [1.165, 1.54) is 6.92 Å². The Morgan fingerprint density at radius 3 is 2.38 bits per heavy atom. The van der Waals surface area contributed by atoms with Gasteiger partial charge in [0, 0.05) is 17.4 Å². The summed E-state index contributed by atoms with van der Waals surface area (Å²) in [5.41, 5.74) is 3.14. The van der Waals surface area contributed by atoms with E-state index in [2.05, 4.69) is 0 Å². The normalized spacial score (nSPS) is 30.4. The summed E-state index contributed by atoms with van der Waals surface area (Å²) < 4.78 is 72.8. The Labute approximate surface area is 136 Å². The summed E-state index contributed by atoms with van der Waals surface area (Å²) in [6.45, 7) is 2.35. The van der Waals surface area contributed by atoms with Gasteiger partial charge in [-0.05, 0) is 18.4 Å². The van der Waals surface area contributed by atoms with E-state index in [9.17, 15) is 26.7 Å². The van der Waals surface area contributed by atoms with Crippen LogP contribution in [0.3, 0.4) is 0 Å². The van der Waals surface area contributed by atoms with Crippen LogP contribution < -0.4 is 10.5 Å². The van der Waals surface area contributed by atoms with Gasteiger partial charge in [0.1, 0.15) is 0 Å². The van der Waals surface area contributed by atoms with E-state index in [0.717, 1.165) is 26.2 Å². The third kappa shape index (κ3) is 2.61. The van der Waals surface area contributed by atoms with Gasteiger partial charge in [-0.25, -0.2) is 4.39 Å². The Morgan fingerprint density at radius 2 is 1.92 bits per heavy atom.